The molecule has 0 N–H and O–H groups in total. The van der Waals surface area contributed by atoms with Crippen LogP contribution in [-0.4, -0.2) is 48.9 Å². The highest BCUT2D eigenvalue weighted by Gasteiger charge is 2.30. The van der Waals surface area contributed by atoms with E-state index in [0.29, 0.717) is 33.5 Å². The fraction of sp³-hybridized carbons (Fsp3) is 0.458. The number of likely N-dealkylation sites (tertiary alicyclic amines) is 1. The van der Waals surface area contributed by atoms with Crippen molar-refractivity contribution in [3.8, 4) is 5.69 Å². The number of carbonyl (C=O) groups excluding carboxylic acids is 1. The molecule has 33 heavy (non-hydrogen) atoms. The molecule has 1 fully saturated rings. The Hall–Kier alpha value is -2.45. The van der Waals surface area contributed by atoms with Gasteiger partial charge in [-0.05, 0) is 62.8 Å². The van der Waals surface area contributed by atoms with Gasteiger partial charge in [-0.1, -0.05) is 48.5 Å². The maximum absolute atomic E-state index is 13.5. The summed E-state index contributed by atoms with van der Waals surface area (Å²) in [6.45, 7) is 11.7. The third kappa shape index (κ3) is 5.38. The molecule has 174 valence electrons. The molecule has 3 aromatic rings. The average Bonchev–Trinajstić information content (AvgIpc) is 3.16. The van der Waals surface area contributed by atoms with E-state index in [-0.39, 0.29) is 5.91 Å². The summed E-state index contributed by atoms with van der Waals surface area (Å²) >= 11 is 7.86. The Kier molecular flexibility index (Phi) is 7.05. The summed E-state index contributed by atoms with van der Waals surface area (Å²) in [5.41, 5.74) is 4.68. The molecule has 0 saturated carbocycles. The molecule has 4 rings (SSSR count). The molecule has 3 heterocycles. The zero-order valence-electron chi connectivity index (χ0n) is 19.7. The predicted octanol–water partition coefficient (Wildman–Crippen LogP) is 5.05. The molecule has 2 atom stereocenters. The van der Waals surface area contributed by atoms with Crippen LogP contribution < -0.4 is 0 Å². The lowest BCUT2D eigenvalue weighted by atomic mass is 9.91. The number of hydrogen-bond acceptors (Lipinski definition) is 6. The van der Waals surface area contributed by atoms with Crippen molar-refractivity contribution in [1.82, 2.24) is 29.9 Å². The van der Waals surface area contributed by atoms with E-state index >= 15 is 0 Å². The predicted molar refractivity (Wildman–Crippen MR) is 131 cm³/mol. The Morgan fingerprint density at radius 1 is 1.09 bits per heavy atom. The summed E-state index contributed by atoms with van der Waals surface area (Å²) in [6, 6.07) is 7.68. The van der Waals surface area contributed by atoms with E-state index in [4.69, 9.17) is 11.6 Å². The summed E-state index contributed by atoms with van der Waals surface area (Å²) < 4.78 is 1.71. The lowest BCUT2D eigenvalue weighted by Gasteiger charge is -2.34. The monoisotopic (exact) mass is 484 g/mol. The van der Waals surface area contributed by atoms with Gasteiger partial charge in [0.15, 0.2) is 10.9 Å². The van der Waals surface area contributed by atoms with E-state index in [1.54, 1.807) is 4.68 Å². The highest BCUT2D eigenvalue weighted by Crippen LogP contribution is 2.28. The van der Waals surface area contributed by atoms with Crippen LogP contribution in [0.15, 0.2) is 29.4 Å². The van der Waals surface area contributed by atoms with Gasteiger partial charge in [-0.15, -0.1) is 5.10 Å². The number of hydrogen-bond donors (Lipinski definition) is 0. The molecule has 1 amide bonds. The second kappa shape index (κ2) is 9.81. The van der Waals surface area contributed by atoms with Crippen LogP contribution >= 0.6 is 23.4 Å². The third-order valence-electron chi connectivity index (χ3n) is 5.82. The lowest BCUT2D eigenvalue weighted by molar-refractivity contribution is 0.0616. The largest absolute Gasteiger partial charge is 0.337 e. The van der Waals surface area contributed by atoms with Crippen molar-refractivity contribution in [2.24, 2.45) is 11.8 Å². The van der Waals surface area contributed by atoms with E-state index in [0.717, 1.165) is 47.8 Å². The Balaban J connectivity index is 1.70. The molecule has 0 spiro atoms. The molecule has 7 nitrogen and oxygen atoms in total. The van der Waals surface area contributed by atoms with E-state index in [9.17, 15) is 4.79 Å². The number of halogens is 1. The van der Waals surface area contributed by atoms with Gasteiger partial charge in [-0.25, -0.2) is 14.6 Å². The van der Waals surface area contributed by atoms with Gasteiger partial charge in [0.2, 0.25) is 0 Å². The molecule has 0 bridgehead atoms. The topological polar surface area (TPSA) is 76.8 Å². The highest BCUT2D eigenvalue weighted by molar-refractivity contribution is 7.98. The number of aryl methyl sites for hydroxylation is 3. The van der Waals surface area contributed by atoms with Crippen molar-refractivity contribution in [2.45, 2.75) is 51.9 Å². The molecular formula is C24H29ClN6OS. The zero-order chi connectivity index (χ0) is 23.7. The Morgan fingerprint density at radius 2 is 1.76 bits per heavy atom. The van der Waals surface area contributed by atoms with Gasteiger partial charge < -0.3 is 4.90 Å². The number of nitrogens with zero attached hydrogens (tertiary/aromatic N) is 6. The van der Waals surface area contributed by atoms with E-state index in [1.807, 2.05) is 49.9 Å². The van der Waals surface area contributed by atoms with Gasteiger partial charge in [0.25, 0.3) is 5.91 Å². The number of aromatic nitrogens is 5. The molecule has 9 heteroatoms. The summed E-state index contributed by atoms with van der Waals surface area (Å²) in [5, 5.41) is 10.0. The highest BCUT2D eigenvalue weighted by atomic mass is 35.5. The van der Waals surface area contributed by atoms with Crippen molar-refractivity contribution in [3.63, 3.8) is 0 Å². The molecule has 2 unspecified atom stereocenters. The summed E-state index contributed by atoms with van der Waals surface area (Å²) in [5.74, 6) is 1.31. The summed E-state index contributed by atoms with van der Waals surface area (Å²) in [6.07, 6.45) is 1.13. The van der Waals surface area contributed by atoms with Gasteiger partial charge in [0, 0.05) is 35.3 Å². The fourth-order valence-corrected chi connectivity index (χ4v) is 5.50. The van der Waals surface area contributed by atoms with Gasteiger partial charge in [0.05, 0.1) is 11.4 Å². The van der Waals surface area contributed by atoms with E-state index < -0.39 is 0 Å². The maximum Gasteiger partial charge on any atom is 0.276 e. The van der Waals surface area contributed by atoms with Crippen LogP contribution in [0.1, 0.15) is 53.4 Å². The van der Waals surface area contributed by atoms with Crippen LogP contribution in [0.5, 0.6) is 0 Å². The van der Waals surface area contributed by atoms with Crippen LogP contribution in [0.2, 0.25) is 5.02 Å². The standard InChI is InChI=1S/C24H29ClN6OS/c1-14-8-15(2)12-30(11-14)23(32)22-21(13-33-24-26-17(4)9-18(5)27-24)31(29-28-22)19-7-6-16(3)20(25)10-19/h6-7,9-10,14-15H,8,11-13H2,1-5H3. The van der Waals surface area contributed by atoms with Crippen LogP contribution in [-0.2, 0) is 5.75 Å². The van der Waals surface area contributed by atoms with Crippen molar-refractivity contribution >= 4 is 29.3 Å². The van der Waals surface area contributed by atoms with Crippen molar-refractivity contribution in [3.05, 3.63) is 57.6 Å². The number of rotatable bonds is 5. The second-order valence-corrected chi connectivity index (χ2v) is 10.5. The minimum absolute atomic E-state index is 0.0743. The maximum atomic E-state index is 13.5. The molecule has 0 radical (unpaired) electrons. The van der Waals surface area contributed by atoms with Crippen molar-refractivity contribution in [2.75, 3.05) is 13.1 Å². The molecule has 1 aliphatic rings. The first-order chi connectivity index (χ1) is 15.7. The number of piperidine rings is 1. The molecule has 2 aromatic heterocycles. The SMILES string of the molecule is Cc1cc(C)nc(SCc2c(C(=O)N3CC(C)CC(C)C3)nnn2-c2ccc(C)c(Cl)c2)n1. The molecule has 0 aliphatic carbocycles. The first-order valence-corrected chi connectivity index (χ1v) is 12.5. The number of thioether (sulfide) groups is 1. The van der Waals surface area contributed by atoms with E-state index in [1.165, 1.54) is 11.8 Å². The van der Waals surface area contributed by atoms with Crippen LogP contribution in [0.25, 0.3) is 5.69 Å². The Labute approximate surface area is 204 Å². The van der Waals surface area contributed by atoms with Gasteiger partial charge in [-0.2, -0.15) is 0 Å². The quantitative estimate of drug-likeness (QED) is 0.372. The zero-order valence-corrected chi connectivity index (χ0v) is 21.2. The normalized spacial score (nSPS) is 18.5. The van der Waals surface area contributed by atoms with Crippen LogP contribution in [0, 0.1) is 32.6 Å². The third-order valence-corrected chi connectivity index (χ3v) is 7.09. The smallest absolute Gasteiger partial charge is 0.276 e. The first-order valence-electron chi connectivity index (χ1n) is 11.2. The second-order valence-electron chi connectivity index (χ2n) is 9.11. The lowest BCUT2D eigenvalue weighted by Crippen LogP contribution is -2.43. The van der Waals surface area contributed by atoms with Gasteiger partial charge in [0.1, 0.15) is 0 Å². The van der Waals surface area contributed by atoms with Gasteiger partial charge >= 0.3 is 0 Å². The minimum atomic E-state index is -0.0743. The Bertz CT molecular complexity index is 1150. The first kappa shape index (κ1) is 23.7. The number of benzene rings is 1. The molecule has 1 aromatic carbocycles. The van der Waals surface area contributed by atoms with E-state index in [2.05, 4.69) is 34.1 Å². The van der Waals surface area contributed by atoms with Crippen LogP contribution in [0.4, 0.5) is 0 Å². The van der Waals surface area contributed by atoms with Gasteiger partial charge in [-0.3, -0.25) is 4.79 Å². The Morgan fingerprint density at radius 3 is 2.39 bits per heavy atom. The molecule has 1 saturated heterocycles. The van der Waals surface area contributed by atoms with Crippen molar-refractivity contribution < 1.29 is 4.79 Å². The summed E-state index contributed by atoms with van der Waals surface area (Å²) in [4.78, 5) is 24.5. The van der Waals surface area contributed by atoms with Crippen LogP contribution in [0.3, 0.4) is 0 Å². The summed E-state index contributed by atoms with van der Waals surface area (Å²) in [7, 11) is 0. The number of carbonyl (C=O) groups is 1. The fourth-order valence-electron chi connectivity index (χ4n) is 4.39. The number of amides is 1. The average molecular weight is 485 g/mol. The molecule has 1 aliphatic heterocycles. The molecular weight excluding hydrogens is 456 g/mol. The van der Waals surface area contributed by atoms with Crippen molar-refractivity contribution in [1.29, 1.82) is 0 Å². The minimum Gasteiger partial charge on any atom is -0.337 e.